The van der Waals surface area contributed by atoms with E-state index < -0.39 is 5.97 Å². The van der Waals surface area contributed by atoms with Crippen LogP contribution in [0.15, 0.2) is 10.6 Å². The summed E-state index contributed by atoms with van der Waals surface area (Å²) in [5, 5.41) is 3.66. The standard InChI is InChI=1S/C12H18N2O4/c1-4-6-14(8-11(15)17-5-2)12(16)10-7-9(3)13-18-10/h7H,4-6,8H2,1-3H3. The van der Waals surface area contributed by atoms with Gasteiger partial charge in [-0.2, -0.15) is 0 Å². The Kier molecular flexibility index (Phi) is 5.35. The summed E-state index contributed by atoms with van der Waals surface area (Å²) in [6.45, 7) is 6.09. The first-order valence-electron chi connectivity index (χ1n) is 5.96. The van der Waals surface area contributed by atoms with E-state index in [0.29, 0.717) is 18.8 Å². The van der Waals surface area contributed by atoms with E-state index in [1.165, 1.54) is 4.90 Å². The number of aryl methyl sites for hydroxylation is 1. The lowest BCUT2D eigenvalue weighted by molar-refractivity contribution is -0.143. The average Bonchev–Trinajstić information content (AvgIpc) is 2.75. The van der Waals surface area contributed by atoms with Gasteiger partial charge in [0.25, 0.3) is 5.91 Å². The second-order valence-corrected chi connectivity index (χ2v) is 3.86. The van der Waals surface area contributed by atoms with Crippen molar-refractivity contribution in [1.29, 1.82) is 0 Å². The maximum absolute atomic E-state index is 12.1. The SMILES string of the molecule is CCCN(CC(=O)OCC)C(=O)c1cc(C)no1. The van der Waals surface area contributed by atoms with Gasteiger partial charge in [0.1, 0.15) is 6.54 Å². The summed E-state index contributed by atoms with van der Waals surface area (Å²) >= 11 is 0. The Balaban J connectivity index is 2.71. The van der Waals surface area contributed by atoms with Crippen LogP contribution in [0.2, 0.25) is 0 Å². The zero-order valence-corrected chi connectivity index (χ0v) is 10.9. The fourth-order valence-electron chi connectivity index (χ4n) is 1.51. The second kappa shape index (κ2) is 6.78. The molecule has 1 heterocycles. The van der Waals surface area contributed by atoms with Crippen LogP contribution in [-0.4, -0.2) is 41.6 Å². The maximum Gasteiger partial charge on any atom is 0.325 e. The molecule has 0 fully saturated rings. The number of ether oxygens (including phenoxy) is 1. The van der Waals surface area contributed by atoms with Crippen LogP contribution < -0.4 is 0 Å². The first kappa shape index (κ1) is 14.2. The highest BCUT2D eigenvalue weighted by atomic mass is 16.5. The normalized spacial score (nSPS) is 10.2. The van der Waals surface area contributed by atoms with Gasteiger partial charge in [-0.15, -0.1) is 0 Å². The van der Waals surface area contributed by atoms with Gasteiger partial charge >= 0.3 is 5.97 Å². The minimum atomic E-state index is -0.421. The Labute approximate surface area is 106 Å². The Morgan fingerprint density at radius 3 is 2.67 bits per heavy atom. The van der Waals surface area contributed by atoms with Crippen molar-refractivity contribution in [2.24, 2.45) is 0 Å². The average molecular weight is 254 g/mol. The van der Waals surface area contributed by atoms with E-state index in [1.54, 1.807) is 19.9 Å². The van der Waals surface area contributed by atoms with Crippen LogP contribution >= 0.6 is 0 Å². The minimum Gasteiger partial charge on any atom is -0.465 e. The number of esters is 1. The maximum atomic E-state index is 12.1. The first-order valence-corrected chi connectivity index (χ1v) is 5.96. The highest BCUT2D eigenvalue weighted by Gasteiger charge is 2.22. The second-order valence-electron chi connectivity index (χ2n) is 3.86. The molecule has 1 aromatic rings. The quantitative estimate of drug-likeness (QED) is 0.717. The summed E-state index contributed by atoms with van der Waals surface area (Å²) in [5.74, 6) is -0.619. The zero-order chi connectivity index (χ0) is 13.5. The van der Waals surface area contributed by atoms with Crippen LogP contribution in [0.5, 0.6) is 0 Å². The topological polar surface area (TPSA) is 72.6 Å². The van der Waals surface area contributed by atoms with E-state index in [2.05, 4.69) is 5.16 Å². The van der Waals surface area contributed by atoms with Crippen molar-refractivity contribution in [2.75, 3.05) is 19.7 Å². The predicted octanol–water partition coefficient (Wildman–Crippen LogP) is 1.40. The highest BCUT2D eigenvalue weighted by Crippen LogP contribution is 2.07. The monoisotopic (exact) mass is 254 g/mol. The first-order chi connectivity index (χ1) is 8.58. The molecule has 1 aromatic heterocycles. The number of aromatic nitrogens is 1. The van der Waals surface area contributed by atoms with Crippen molar-refractivity contribution in [3.63, 3.8) is 0 Å². The molecule has 0 unspecified atom stereocenters. The van der Waals surface area contributed by atoms with Crippen LogP contribution in [0.4, 0.5) is 0 Å². The van der Waals surface area contributed by atoms with Crippen molar-refractivity contribution in [2.45, 2.75) is 27.2 Å². The summed E-state index contributed by atoms with van der Waals surface area (Å²) in [6.07, 6.45) is 0.748. The van der Waals surface area contributed by atoms with Gasteiger partial charge in [-0.1, -0.05) is 12.1 Å². The van der Waals surface area contributed by atoms with Crippen molar-refractivity contribution in [3.05, 3.63) is 17.5 Å². The van der Waals surface area contributed by atoms with Gasteiger partial charge in [0.05, 0.1) is 12.3 Å². The lowest BCUT2D eigenvalue weighted by Crippen LogP contribution is -2.36. The molecule has 0 aliphatic heterocycles. The molecule has 1 rings (SSSR count). The van der Waals surface area contributed by atoms with E-state index in [0.717, 1.165) is 6.42 Å². The number of carbonyl (C=O) groups is 2. The van der Waals surface area contributed by atoms with Crippen LogP contribution in [0, 0.1) is 6.92 Å². The third-order valence-electron chi connectivity index (χ3n) is 2.24. The molecule has 0 saturated carbocycles. The molecule has 6 heteroatoms. The summed E-state index contributed by atoms with van der Waals surface area (Å²) in [4.78, 5) is 24.9. The molecule has 0 aliphatic carbocycles. The van der Waals surface area contributed by atoms with Crippen LogP contribution in [-0.2, 0) is 9.53 Å². The molecule has 0 N–H and O–H groups in total. The fraction of sp³-hybridized carbons (Fsp3) is 0.583. The summed E-state index contributed by atoms with van der Waals surface area (Å²) in [7, 11) is 0. The number of rotatable bonds is 6. The Morgan fingerprint density at radius 2 is 2.17 bits per heavy atom. The Bertz CT molecular complexity index is 414. The van der Waals surface area contributed by atoms with Crippen molar-refractivity contribution in [3.8, 4) is 0 Å². The van der Waals surface area contributed by atoms with Crippen LogP contribution in [0.1, 0.15) is 36.5 Å². The highest BCUT2D eigenvalue weighted by molar-refractivity contribution is 5.93. The van der Waals surface area contributed by atoms with Crippen LogP contribution in [0.25, 0.3) is 0 Å². The summed E-state index contributed by atoms with van der Waals surface area (Å²) in [6, 6.07) is 1.55. The van der Waals surface area contributed by atoms with Crippen LogP contribution in [0.3, 0.4) is 0 Å². The van der Waals surface area contributed by atoms with Gasteiger partial charge in [0.15, 0.2) is 0 Å². The molecule has 0 saturated heterocycles. The molecule has 100 valence electrons. The summed E-state index contributed by atoms with van der Waals surface area (Å²) < 4.78 is 9.73. The van der Waals surface area contributed by atoms with Crippen molar-refractivity contribution >= 4 is 11.9 Å². The number of amides is 1. The van der Waals surface area contributed by atoms with Gasteiger partial charge in [-0.3, -0.25) is 9.59 Å². The molecule has 0 aliphatic rings. The number of nitrogens with zero attached hydrogens (tertiary/aromatic N) is 2. The smallest absolute Gasteiger partial charge is 0.325 e. The molecule has 0 radical (unpaired) electrons. The molecular weight excluding hydrogens is 236 g/mol. The van der Waals surface area contributed by atoms with E-state index in [1.807, 2.05) is 6.92 Å². The molecule has 6 nitrogen and oxygen atoms in total. The van der Waals surface area contributed by atoms with Gasteiger partial charge in [0.2, 0.25) is 5.76 Å². The third kappa shape index (κ3) is 3.87. The molecule has 0 bridgehead atoms. The number of hydrogen-bond acceptors (Lipinski definition) is 5. The number of hydrogen-bond donors (Lipinski definition) is 0. The Hall–Kier alpha value is -1.85. The lowest BCUT2D eigenvalue weighted by Gasteiger charge is -2.19. The van der Waals surface area contributed by atoms with Crippen molar-refractivity contribution in [1.82, 2.24) is 10.1 Å². The molecule has 0 aromatic carbocycles. The fourth-order valence-corrected chi connectivity index (χ4v) is 1.51. The molecule has 0 spiro atoms. The zero-order valence-electron chi connectivity index (χ0n) is 10.9. The van der Waals surface area contributed by atoms with Gasteiger partial charge in [-0.25, -0.2) is 0 Å². The summed E-state index contributed by atoms with van der Waals surface area (Å²) in [5.41, 5.74) is 0.630. The lowest BCUT2D eigenvalue weighted by atomic mass is 10.3. The van der Waals surface area contributed by atoms with E-state index in [-0.39, 0.29) is 18.2 Å². The minimum absolute atomic E-state index is 0.0692. The number of carbonyl (C=O) groups excluding carboxylic acids is 2. The van der Waals surface area contributed by atoms with Gasteiger partial charge in [-0.05, 0) is 20.3 Å². The largest absolute Gasteiger partial charge is 0.465 e. The van der Waals surface area contributed by atoms with Gasteiger partial charge < -0.3 is 14.2 Å². The predicted molar refractivity (Wildman–Crippen MR) is 64.1 cm³/mol. The molecule has 0 atom stereocenters. The van der Waals surface area contributed by atoms with E-state index in [9.17, 15) is 9.59 Å². The Morgan fingerprint density at radius 1 is 1.44 bits per heavy atom. The van der Waals surface area contributed by atoms with Gasteiger partial charge in [0, 0.05) is 12.6 Å². The third-order valence-corrected chi connectivity index (χ3v) is 2.24. The molecular formula is C12H18N2O4. The molecule has 18 heavy (non-hydrogen) atoms. The van der Waals surface area contributed by atoms with Crippen molar-refractivity contribution < 1.29 is 18.8 Å². The van der Waals surface area contributed by atoms with E-state index >= 15 is 0 Å². The van der Waals surface area contributed by atoms with E-state index in [4.69, 9.17) is 9.26 Å². The molecule has 1 amide bonds.